The van der Waals surface area contributed by atoms with Gasteiger partial charge in [0.25, 0.3) is 0 Å². The predicted molar refractivity (Wildman–Crippen MR) is 76.5 cm³/mol. The van der Waals surface area contributed by atoms with Gasteiger partial charge in [0, 0.05) is 11.8 Å². The van der Waals surface area contributed by atoms with E-state index in [0.717, 1.165) is 31.4 Å². The second-order valence-corrected chi connectivity index (χ2v) is 7.14. The van der Waals surface area contributed by atoms with E-state index in [2.05, 4.69) is 25.9 Å². The molecule has 0 aromatic carbocycles. The summed E-state index contributed by atoms with van der Waals surface area (Å²) in [4.78, 5) is 11.6. The number of hydrogen-bond donors (Lipinski definition) is 1. The zero-order valence-electron chi connectivity index (χ0n) is 12.5. The molecule has 0 aliphatic heterocycles. The Hall–Kier alpha value is -0.860. The highest BCUT2D eigenvalue weighted by Crippen LogP contribution is 2.63. The van der Waals surface area contributed by atoms with Crippen molar-refractivity contribution in [1.82, 2.24) is 0 Å². The summed E-state index contributed by atoms with van der Waals surface area (Å²) >= 11 is 0. The zero-order valence-corrected chi connectivity index (χ0v) is 12.5. The van der Waals surface area contributed by atoms with Crippen LogP contribution in [0.5, 0.6) is 0 Å². The molecular formula is C16H27NO2. The third kappa shape index (κ3) is 2.44. The number of nitrogens with zero attached hydrogens (tertiary/aromatic N) is 1. The summed E-state index contributed by atoms with van der Waals surface area (Å²) in [6.07, 6.45) is 8.99. The van der Waals surface area contributed by atoms with Crippen molar-refractivity contribution in [2.75, 3.05) is 0 Å². The molecule has 0 heterocycles. The molecule has 0 spiro atoms. The second kappa shape index (κ2) is 5.26. The summed E-state index contributed by atoms with van der Waals surface area (Å²) in [5.41, 5.74) is 1.29. The number of oxime groups is 1. The zero-order chi connectivity index (χ0) is 14.1. The van der Waals surface area contributed by atoms with E-state index in [1.807, 2.05) is 0 Å². The minimum Gasteiger partial charge on any atom is -0.411 e. The number of carbonyl (C=O) groups is 1. The van der Waals surface area contributed by atoms with Gasteiger partial charge < -0.3 is 5.21 Å². The molecule has 0 aromatic rings. The molecule has 3 fully saturated rings. The maximum atomic E-state index is 11.6. The van der Waals surface area contributed by atoms with Crippen LogP contribution >= 0.6 is 0 Å². The smallest absolute Gasteiger partial charge is 0.139 e. The third-order valence-corrected chi connectivity index (χ3v) is 6.05. The first-order chi connectivity index (χ1) is 8.91. The van der Waals surface area contributed by atoms with Crippen LogP contribution in [-0.4, -0.2) is 16.7 Å². The molecule has 0 aromatic heterocycles. The van der Waals surface area contributed by atoms with Gasteiger partial charge in [-0.3, -0.25) is 4.79 Å². The third-order valence-electron chi connectivity index (χ3n) is 6.05. The predicted octanol–water partition coefficient (Wildman–Crippen LogP) is 4.18. The molecule has 0 radical (unpaired) electrons. The molecule has 3 saturated carbocycles. The van der Waals surface area contributed by atoms with Gasteiger partial charge in [-0.25, -0.2) is 0 Å². The van der Waals surface area contributed by atoms with Gasteiger partial charge in [0.1, 0.15) is 5.78 Å². The maximum Gasteiger partial charge on any atom is 0.139 e. The van der Waals surface area contributed by atoms with E-state index in [9.17, 15) is 4.79 Å². The van der Waals surface area contributed by atoms with Crippen LogP contribution in [-0.2, 0) is 4.79 Å². The standard InChI is InChI=1S/C10H16O.C6H11NO/c1-9(2)7-4-5-10(9,3)8(11)6-7;8-7-6-4-2-1-3-5-6/h7H,4-6H2,1-3H3;8H,1-5H2. The van der Waals surface area contributed by atoms with Gasteiger partial charge in [-0.1, -0.05) is 32.3 Å². The van der Waals surface area contributed by atoms with E-state index in [1.54, 1.807) is 0 Å². The van der Waals surface area contributed by atoms with Crippen LogP contribution < -0.4 is 0 Å². The van der Waals surface area contributed by atoms with Crippen molar-refractivity contribution >= 4 is 11.5 Å². The Balaban J connectivity index is 0.000000148. The minimum absolute atomic E-state index is 0.0255. The highest BCUT2D eigenvalue weighted by molar-refractivity contribution is 5.89. The Labute approximate surface area is 116 Å². The van der Waals surface area contributed by atoms with Crippen molar-refractivity contribution in [3.63, 3.8) is 0 Å². The van der Waals surface area contributed by atoms with Crippen molar-refractivity contribution in [2.45, 2.75) is 72.1 Å². The van der Waals surface area contributed by atoms with Crippen LogP contribution in [0.3, 0.4) is 0 Å². The van der Waals surface area contributed by atoms with Crippen LogP contribution in [0, 0.1) is 16.7 Å². The summed E-state index contributed by atoms with van der Waals surface area (Å²) in [5, 5.41) is 11.4. The number of Topliss-reactive ketones (excluding diaryl/α,β-unsaturated/α-hetero) is 1. The lowest BCUT2D eigenvalue weighted by molar-refractivity contribution is -0.128. The first kappa shape index (κ1) is 14.5. The van der Waals surface area contributed by atoms with E-state index in [4.69, 9.17) is 5.21 Å². The lowest BCUT2D eigenvalue weighted by Crippen LogP contribution is -2.32. The molecule has 3 nitrogen and oxygen atoms in total. The SMILES string of the molecule is CC12CCC(CC1=O)C2(C)C.ON=C1CCCCC1. The van der Waals surface area contributed by atoms with Crippen molar-refractivity contribution in [2.24, 2.45) is 21.9 Å². The Kier molecular flexibility index (Phi) is 4.03. The van der Waals surface area contributed by atoms with Crippen molar-refractivity contribution in [1.29, 1.82) is 0 Å². The molecular weight excluding hydrogens is 238 g/mol. The molecule has 2 bridgehead atoms. The monoisotopic (exact) mass is 265 g/mol. The Bertz CT molecular complexity index is 378. The van der Waals surface area contributed by atoms with Crippen LogP contribution in [0.4, 0.5) is 0 Å². The van der Waals surface area contributed by atoms with Crippen LogP contribution in [0.25, 0.3) is 0 Å². The van der Waals surface area contributed by atoms with Crippen molar-refractivity contribution < 1.29 is 10.0 Å². The minimum atomic E-state index is 0.0255. The van der Waals surface area contributed by atoms with E-state index >= 15 is 0 Å². The van der Waals surface area contributed by atoms with Crippen LogP contribution in [0.1, 0.15) is 72.1 Å². The van der Waals surface area contributed by atoms with E-state index in [0.29, 0.717) is 11.7 Å². The lowest BCUT2D eigenvalue weighted by atomic mass is 9.70. The maximum absolute atomic E-state index is 11.6. The molecule has 19 heavy (non-hydrogen) atoms. The Morgan fingerprint density at radius 3 is 2.05 bits per heavy atom. The fourth-order valence-electron chi connectivity index (χ4n) is 3.96. The van der Waals surface area contributed by atoms with Crippen molar-refractivity contribution in [3.8, 4) is 0 Å². The van der Waals surface area contributed by atoms with Crippen LogP contribution in [0.2, 0.25) is 0 Å². The largest absolute Gasteiger partial charge is 0.411 e. The molecule has 2 atom stereocenters. The fourth-order valence-corrected chi connectivity index (χ4v) is 3.96. The summed E-state index contributed by atoms with van der Waals surface area (Å²) in [5.74, 6) is 1.19. The molecule has 0 saturated heterocycles. The van der Waals surface area contributed by atoms with Gasteiger partial charge in [0.2, 0.25) is 0 Å². The number of rotatable bonds is 0. The number of hydrogen-bond acceptors (Lipinski definition) is 3. The molecule has 3 heteroatoms. The number of ketones is 1. The van der Waals surface area contributed by atoms with E-state index < -0.39 is 0 Å². The van der Waals surface area contributed by atoms with Gasteiger partial charge in [0.15, 0.2) is 0 Å². The van der Waals surface area contributed by atoms with Crippen molar-refractivity contribution in [3.05, 3.63) is 0 Å². The highest BCUT2D eigenvalue weighted by atomic mass is 16.4. The average Bonchev–Trinajstić information content (AvgIpc) is 2.73. The highest BCUT2D eigenvalue weighted by Gasteiger charge is 2.61. The summed E-state index contributed by atoms with van der Waals surface area (Å²) < 4.78 is 0. The average molecular weight is 265 g/mol. The summed E-state index contributed by atoms with van der Waals surface area (Å²) in [7, 11) is 0. The normalized spacial score (nSPS) is 35.8. The quantitative estimate of drug-likeness (QED) is 0.527. The molecule has 2 unspecified atom stereocenters. The van der Waals surface area contributed by atoms with E-state index in [1.165, 1.54) is 25.7 Å². The van der Waals surface area contributed by atoms with Gasteiger partial charge >= 0.3 is 0 Å². The lowest BCUT2D eigenvalue weighted by Gasteiger charge is -2.32. The summed E-state index contributed by atoms with van der Waals surface area (Å²) in [6.45, 7) is 6.67. The van der Waals surface area contributed by atoms with Gasteiger partial charge in [-0.05, 0) is 49.9 Å². The van der Waals surface area contributed by atoms with E-state index in [-0.39, 0.29) is 10.8 Å². The molecule has 1 N–H and O–H groups in total. The molecule has 0 amide bonds. The van der Waals surface area contributed by atoms with Gasteiger partial charge in [-0.2, -0.15) is 0 Å². The molecule has 108 valence electrons. The van der Waals surface area contributed by atoms with Crippen LogP contribution in [0.15, 0.2) is 5.16 Å². The first-order valence-corrected chi connectivity index (χ1v) is 7.65. The molecule has 3 aliphatic rings. The number of carbonyl (C=O) groups excluding carboxylic acids is 1. The number of fused-ring (bicyclic) bond motifs is 2. The molecule has 3 rings (SSSR count). The Morgan fingerprint density at radius 2 is 1.79 bits per heavy atom. The Morgan fingerprint density at radius 1 is 1.16 bits per heavy atom. The van der Waals surface area contributed by atoms with Gasteiger partial charge in [-0.15, -0.1) is 0 Å². The second-order valence-electron chi connectivity index (χ2n) is 7.14. The molecule has 3 aliphatic carbocycles. The topological polar surface area (TPSA) is 49.7 Å². The fraction of sp³-hybridized carbons (Fsp3) is 0.875. The summed E-state index contributed by atoms with van der Waals surface area (Å²) in [6, 6.07) is 0. The first-order valence-electron chi connectivity index (χ1n) is 7.65. The van der Waals surface area contributed by atoms with Gasteiger partial charge in [0.05, 0.1) is 5.71 Å².